The van der Waals surface area contributed by atoms with Crippen molar-refractivity contribution < 1.29 is 19.1 Å². The third kappa shape index (κ3) is 4.38. The highest BCUT2D eigenvalue weighted by Gasteiger charge is 2.17. The molecule has 0 amide bonds. The summed E-state index contributed by atoms with van der Waals surface area (Å²) in [5, 5.41) is 0. The molecule has 0 spiro atoms. The van der Waals surface area contributed by atoms with Crippen molar-refractivity contribution in [3.8, 4) is 0 Å². The van der Waals surface area contributed by atoms with Crippen molar-refractivity contribution in [3.63, 3.8) is 0 Å². The van der Waals surface area contributed by atoms with E-state index in [2.05, 4.69) is 15.0 Å². The van der Waals surface area contributed by atoms with Crippen molar-refractivity contribution in [2.24, 2.45) is 5.92 Å². The van der Waals surface area contributed by atoms with Crippen molar-refractivity contribution in [2.45, 2.75) is 27.3 Å². The highest BCUT2D eigenvalue weighted by atomic mass is 16.5. The summed E-state index contributed by atoms with van der Waals surface area (Å²) < 4.78 is 11.8. The third-order valence-electron chi connectivity index (χ3n) is 3.15. The SMILES string of the molecule is CC(=O)OCC(COC(C)=O)Cn1cnc2c(C)nc(N)nc21. The summed E-state index contributed by atoms with van der Waals surface area (Å²) in [4.78, 5) is 34.5. The fourth-order valence-corrected chi connectivity index (χ4v) is 2.14. The summed E-state index contributed by atoms with van der Waals surface area (Å²) in [5.74, 6) is -0.851. The van der Waals surface area contributed by atoms with Crippen LogP contribution in [-0.4, -0.2) is 44.7 Å². The van der Waals surface area contributed by atoms with Gasteiger partial charge in [-0.25, -0.2) is 9.97 Å². The van der Waals surface area contributed by atoms with Gasteiger partial charge in [0.25, 0.3) is 0 Å². The van der Waals surface area contributed by atoms with Crippen LogP contribution < -0.4 is 5.73 Å². The van der Waals surface area contributed by atoms with Crippen LogP contribution in [0, 0.1) is 12.8 Å². The number of nitrogens with zero attached hydrogens (tertiary/aromatic N) is 4. The first kappa shape index (κ1) is 16.7. The van der Waals surface area contributed by atoms with Gasteiger partial charge in [0.15, 0.2) is 5.65 Å². The van der Waals surface area contributed by atoms with Gasteiger partial charge in [0.2, 0.25) is 5.95 Å². The molecule has 2 aromatic rings. The molecule has 0 fully saturated rings. The molecule has 0 saturated carbocycles. The van der Waals surface area contributed by atoms with Crippen LogP contribution in [0.25, 0.3) is 11.2 Å². The Morgan fingerprint density at radius 1 is 1.22 bits per heavy atom. The number of esters is 2. The van der Waals surface area contributed by atoms with Crippen molar-refractivity contribution >= 4 is 29.1 Å². The first-order valence-electron chi connectivity index (χ1n) is 7.08. The molecule has 124 valence electrons. The highest BCUT2D eigenvalue weighted by molar-refractivity contribution is 5.74. The lowest BCUT2D eigenvalue weighted by Gasteiger charge is -2.17. The van der Waals surface area contributed by atoms with E-state index in [1.54, 1.807) is 17.8 Å². The van der Waals surface area contributed by atoms with E-state index in [4.69, 9.17) is 15.2 Å². The molecular formula is C14H19N5O4. The van der Waals surface area contributed by atoms with Crippen LogP contribution in [0.3, 0.4) is 0 Å². The molecule has 0 unspecified atom stereocenters. The maximum atomic E-state index is 11.0. The van der Waals surface area contributed by atoms with Crippen LogP contribution >= 0.6 is 0 Å². The number of ether oxygens (including phenoxy) is 2. The molecule has 0 aliphatic carbocycles. The monoisotopic (exact) mass is 321 g/mol. The van der Waals surface area contributed by atoms with Crippen LogP contribution in [0.1, 0.15) is 19.5 Å². The Kier molecular flexibility index (Phi) is 5.09. The molecule has 2 aromatic heterocycles. The molecule has 0 bridgehead atoms. The maximum absolute atomic E-state index is 11.0. The zero-order chi connectivity index (χ0) is 17.0. The minimum atomic E-state index is -0.393. The summed E-state index contributed by atoms with van der Waals surface area (Å²) >= 11 is 0. The van der Waals surface area contributed by atoms with Crippen molar-refractivity contribution in [1.82, 2.24) is 19.5 Å². The number of aromatic nitrogens is 4. The fraction of sp³-hybridized carbons (Fsp3) is 0.500. The second kappa shape index (κ2) is 7.03. The molecular weight excluding hydrogens is 302 g/mol. The second-order valence-corrected chi connectivity index (χ2v) is 5.21. The second-order valence-electron chi connectivity index (χ2n) is 5.21. The largest absolute Gasteiger partial charge is 0.465 e. The van der Waals surface area contributed by atoms with E-state index in [-0.39, 0.29) is 25.1 Å². The average Bonchev–Trinajstić information content (AvgIpc) is 2.84. The number of fused-ring (bicyclic) bond motifs is 1. The molecule has 9 heteroatoms. The lowest BCUT2D eigenvalue weighted by molar-refractivity contribution is -0.146. The smallest absolute Gasteiger partial charge is 0.302 e. The van der Waals surface area contributed by atoms with E-state index < -0.39 is 11.9 Å². The van der Waals surface area contributed by atoms with Gasteiger partial charge in [0.05, 0.1) is 25.2 Å². The van der Waals surface area contributed by atoms with Crippen LogP contribution in [0.15, 0.2) is 6.33 Å². The molecule has 0 atom stereocenters. The minimum Gasteiger partial charge on any atom is -0.465 e. The standard InChI is InChI=1S/C14H19N5O4/c1-8-12-13(18-14(15)17-8)19(7-16-12)4-11(5-22-9(2)20)6-23-10(3)21/h7,11H,4-6H2,1-3H3,(H2,15,17,18). The van der Waals surface area contributed by atoms with Gasteiger partial charge in [-0.2, -0.15) is 4.98 Å². The Morgan fingerprint density at radius 2 is 1.83 bits per heavy atom. The lowest BCUT2D eigenvalue weighted by Crippen LogP contribution is -2.24. The summed E-state index contributed by atoms with van der Waals surface area (Å²) in [7, 11) is 0. The zero-order valence-corrected chi connectivity index (χ0v) is 13.3. The van der Waals surface area contributed by atoms with Gasteiger partial charge in [-0.1, -0.05) is 0 Å². The van der Waals surface area contributed by atoms with Gasteiger partial charge in [-0.05, 0) is 6.92 Å². The van der Waals surface area contributed by atoms with Crippen LogP contribution in [0.5, 0.6) is 0 Å². The Labute approximate surface area is 132 Å². The fourth-order valence-electron chi connectivity index (χ4n) is 2.14. The average molecular weight is 321 g/mol. The molecule has 2 rings (SSSR count). The molecule has 23 heavy (non-hydrogen) atoms. The first-order chi connectivity index (χ1) is 10.9. The van der Waals surface area contributed by atoms with E-state index in [1.165, 1.54) is 13.8 Å². The zero-order valence-electron chi connectivity index (χ0n) is 13.3. The number of imidazole rings is 1. The molecule has 9 nitrogen and oxygen atoms in total. The van der Waals surface area contributed by atoms with E-state index >= 15 is 0 Å². The number of rotatable bonds is 6. The highest BCUT2D eigenvalue weighted by Crippen LogP contribution is 2.16. The third-order valence-corrected chi connectivity index (χ3v) is 3.15. The molecule has 0 aromatic carbocycles. The Hall–Kier alpha value is -2.71. The van der Waals surface area contributed by atoms with E-state index in [1.807, 2.05) is 0 Å². The Bertz CT molecular complexity index is 709. The molecule has 0 radical (unpaired) electrons. The van der Waals surface area contributed by atoms with Crippen LogP contribution in [0.4, 0.5) is 5.95 Å². The Morgan fingerprint density at radius 3 is 2.39 bits per heavy atom. The van der Waals surface area contributed by atoms with E-state index in [0.29, 0.717) is 23.4 Å². The van der Waals surface area contributed by atoms with E-state index in [9.17, 15) is 9.59 Å². The van der Waals surface area contributed by atoms with Crippen molar-refractivity contribution in [3.05, 3.63) is 12.0 Å². The number of hydrogen-bond donors (Lipinski definition) is 1. The number of nitrogen functional groups attached to an aromatic ring is 1. The number of anilines is 1. The van der Waals surface area contributed by atoms with Gasteiger partial charge in [-0.15, -0.1) is 0 Å². The molecule has 0 saturated heterocycles. The van der Waals surface area contributed by atoms with Gasteiger partial charge in [0, 0.05) is 26.3 Å². The predicted octanol–water partition coefficient (Wildman–Crippen LogP) is 0.459. The molecule has 2 N–H and O–H groups in total. The number of nitrogens with two attached hydrogens (primary N) is 1. The normalized spacial score (nSPS) is 11.0. The van der Waals surface area contributed by atoms with Gasteiger partial charge in [-0.3, -0.25) is 9.59 Å². The quantitative estimate of drug-likeness (QED) is 0.761. The molecule has 2 heterocycles. The van der Waals surface area contributed by atoms with Gasteiger partial charge in [0.1, 0.15) is 5.52 Å². The number of aryl methyl sites for hydroxylation is 1. The first-order valence-corrected chi connectivity index (χ1v) is 7.08. The number of hydrogen-bond acceptors (Lipinski definition) is 8. The van der Waals surface area contributed by atoms with Gasteiger partial charge >= 0.3 is 11.9 Å². The number of carbonyl (C=O) groups excluding carboxylic acids is 2. The van der Waals surface area contributed by atoms with E-state index in [0.717, 1.165) is 0 Å². The van der Waals surface area contributed by atoms with Gasteiger partial charge < -0.3 is 19.8 Å². The summed E-state index contributed by atoms with van der Waals surface area (Å²) in [6.45, 7) is 5.11. The summed E-state index contributed by atoms with van der Waals surface area (Å²) in [6, 6.07) is 0. The van der Waals surface area contributed by atoms with Crippen molar-refractivity contribution in [1.29, 1.82) is 0 Å². The number of carbonyl (C=O) groups is 2. The van der Waals surface area contributed by atoms with Crippen molar-refractivity contribution in [2.75, 3.05) is 18.9 Å². The molecule has 0 aliphatic rings. The van der Waals surface area contributed by atoms with Crippen LogP contribution in [0.2, 0.25) is 0 Å². The summed E-state index contributed by atoms with van der Waals surface area (Å²) in [5.41, 5.74) is 7.60. The summed E-state index contributed by atoms with van der Waals surface area (Å²) in [6.07, 6.45) is 1.61. The molecule has 0 aliphatic heterocycles. The maximum Gasteiger partial charge on any atom is 0.302 e. The minimum absolute atomic E-state index is 0.127. The topological polar surface area (TPSA) is 122 Å². The lowest BCUT2D eigenvalue weighted by atomic mass is 10.2. The predicted molar refractivity (Wildman–Crippen MR) is 81.2 cm³/mol. The Balaban J connectivity index is 2.20. The van der Waals surface area contributed by atoms with Crippen LogP contribution in [-0.2, 0) is 25.6 Å².